The maximum Gasteiger partial charge on any atom is 0.0591 e. The van der Waals surface area contributed by atoms with E-state index in [0.29, 0.717) is 0 Å². The molecule has 0 saturated carbocycles. The zero-order valence-electron chi connectivity index (χ0n) is 11.2. The monoisotopic (exact) mass is 236 g/mol. The largest absolute Gasteiger partial charge is 0.380 e. The lowest BCUT2D eigenvalue weighted by Crippen LogP contribution is -2.20. The van der Waals surface area contributed by atoms with E-state index in [0.717, 1.165) is 38.6 Å². The molecule has 1 aromatic heterocycles. The second kappa shape index (κ2) is 8.20. The van der Waals surface area contributed by atoms with Crippen LogP contribution in [0.1, 0.15) is 31.4 Å². The minimum Gasteiger partial charge on any atom is -0.380 e. The maximum absolute atomic E-state index is 5.54. The maximum atomic E-state index is 5.54. The highest BCUT2D eigenvalue weighted by atomic mass is 16.5. The van der Waals surface area contributed by atoms with Gasteiger partial charge in [0.05, 0.1) is 6.61 Å². The molecule has 3 heteroatoms. The number of aromatic nitrogens is 1. The van der Waals surface area contributed by atoms with Crippen LogP contribution in [0.3, 0.4) is 0 Å². The molecule has 1 N–H and O–H groups in total. The summed E-state index contributed by atoms with van der Waals surface area (Å²) in [7, 11) is 0. The minimum atomic E-state index is 0.724. The molecule has 0 spiro atoms. The molecule has 0 aliphatic carbocycles. The number of hydrogen-bond donors (Lipinski definition) is 1. The minimum absolute atomic E-state index is 0.724. The zero-order chi connectivity index (χ0) is 12.5. The van der Waals surface area contributed by atoms with Crippen LogP contribution >= 0.6 is 0 Å². The van der Waals surface area contributed by atoms with Gasteiger partial charge in [-0.3, -0.25) is 4.98 Å². The summed E-state index contributed by atoms with van der Waals surface area (Å²) in [6.07, 6.45) is 4.88. The van der Waals surface area contributed by atoms with Gasteiger partial charge in [-0.1, -0.05) is 13.8 Å². The molecular formula is C14H24N2O. The highest BCUT2D eigenvalue weighted by molar-refractivity contribution is 5.20. The van der Waals surface area contributed by atoms with Crippen LogP contribution in [0.25, 0.3) is 0 Å². The van der Waals surface area contributed by atoms with Crippen molar-refractivity contribution in [1.29, 1.82) is 0 Å². The molecule has 96 valence electrons. The Morgan fingerprint density at radius 2 is 2.18 bits per heavy atom. The van der Waals surface area contributed by atoms with Crippen LogP contribution in [0.15, 0.2) is 18.5 Å². The lowest BCUT2D eigenvalue weighted by Gasteiger charge is -2.08. The predicted molar refractivity (Wildman–Crippen MR) is 71.0 cm³/mol. The standard InChI is InChI=1S/C14H24N2O/c1-12(2)5-8-17-9-7-16-11-14-4-6-15-10-13(14)3/h4,6,10,12,16H,5,7-9,11H2,1-3H3. The number of aryl methyl sites for hydroxylation is 1. The van der Waals surface area contributed by atoms with Crippen LogP contribution in [-0.4, -0.2) is 24.7 Å². The molecule has 0 fully saturated rings. The van der Waals surface area contributed by atoms with Crippen molar-refractivity contribution in [3.05, 3.63) is 29.6 Å². The van der Waals surface area contributed by atoms with Crippen molar-refractivity contribution in [2.24, 2.45) is 5.92 Å². The normalized spacial score (nSPS) is 11.1. The van der Waals surface area contributed by atoms with E-state index in [4.69, 9.17) is 4.74 Å². The molecular weight excluding hydrogens is 212 g/mol. The van der Waals surface area contributed by atoms with Crippen LogP contribution in [0.4, 0.5) is 0 Å². The number of nitrogens with zero attached hydrogens (tertiary/aromatic N) is 1. The van der Waals surface area contributed by atoms with E-state index in [-0.39, 0.29) is 0 Å². The van der Waals surface area contributed by atoms with Gasteiger partial charge in [-0.25, -0.2) is 0 Å². The Hall–Kier alpha value is -0.930. The molecule has 0 bridgehead atoms. The summed E-state index contributed by atoms with van der Waals surface area (Å²) in [5, 5.41) is 3.38. The van der Waals surface area contributed by atoms with Gasteiger partial charge >= 0.3 is 0 Å². The first-order valence-electron chi connectivity index (χ1n) is 6.38. The number of nitrogens with one attached hydrogen (secondary N) is 1. The van der Waals surface area contributed by atoms with Crippen LogP contribution in [0, 0.1) is 12.8 Å². The Bertz CT molecular complexity index is 313. The van der Waals surface area contributed by atoms with Crippen molar-refractivity contribution < 1.29 is 4.74 Å². The van der Waals surface area contributed by atoms with Crippen LogP contribution in [-0.2, 0) is 11.3 Å². The summed E-state index contributed by atoms with van der Waals surface area (Å²) in [5.74, 6) is 0.724. The lowest BCUT2D eigenvalue weighted by atomic mass is 10.1. The fraction of sp³-hybridized carbons (Fsp3) is 0.643. The van der Waals surface area contributed by atoms with Gasteiger partial charge in [0, 0.05) is 32.1 Å². The third-order valence-electron chi connectivity index (χ3n) is 2.71. The van der Waals surface area contributed by atoms with E-state index >= 15 is 0 Å². The lowest BCUT2D eigenvalue weighted by molar-refractivity contribution is 0.125. The number of pyridine rings is 1. The molecule has 0 aromatic carbocycles. The third-order valence-corrected chi connectivity index (χ3v) is 2.71. The molecule has 1 aromatic rings. The molecule has 1 rings (SSSR count). The summed E-state index contributed by atoms with van der Waals surface area (Å²) >= 11 is 0. The van der Waals surface area contributed by atoms with Gasteiger partial charge in [0.15, 0.2) is 0 Å². The Balaban J connectivity index is 2.03. The number of ether oxygens (including phenoxy) is 1. The van der Waals surface area contributed by atoms with Crippen molar-refractivity contribution in [2.75, 3.05) is 19.8 Å². The molecule has 0 unspecified atom stereocenters. The Morgan fingerprint density at radius 1 is 1.35 bits per heavy atom. The third kappa shape index (κ3) is 6.39. The SMILES string of the molecule is Cc1cnccc1CNCCOCCC(C)C. The first-order chi connectivity index (χ1) is 8.20. The fourth-order valence-corrected chi connectivity index (χ4v) is 1.49. The molecule has 0 amide bonds. The van der Waals surface area contributed by atoms with Crippen molar-refractivity contribution in [2.45, 2.75) is 33.7 Å². The molecule has 0 radical (unpaired) electrons. The quantitative estimate of drug-likeness (QED) is 0.704. The summed E-state index contributed by atoms with van der Waals surface area (Å²) in [6.45, 7) is 9.97. The Kier molecular flexibility index (Phi) is 6.82. The van der Waals surface area contributed by atoms with Crippen molar-refractivity contribution in [1.82, 2.24) is 10.3 Å². The summed E-state index contributed by atoms with van der Waals surface area (Å²) in [6, 6.07) is 2.06. The van der Waals surface area contributed by atoms with Gasteiger partial charge < -0.3 is 10.1 Å². The molecule has 0 aliphatic rings. The highest BCUT2D eigenvalue weighted by Crippen LogP contribution is 2.03. The Labute approximate surface area is 105 Å². The van der Waals surface area contributed by atoms with Gasteiger partial charge in [0.25, 0.3) is 0 Å². The van der Waals surface area contributed by atoms with Crippen molar-refractivity contribution in [3.63, 3.8) is 0 Å². The first kappa shape index (κ1) is 14.1. The highest BCUT2D eigenvalue weighted by Gasteiger charge is 1.97. The van der Waals surface area contributed by atoms with Gasteiger partial charge in [-0.05, 0) is 36.5 Å². The molecule has 3 nitrogen and oxygen atoms in total. The van der Waals surface area contributed by atoms with Gasteiger partial charge in [-0.2, -0.15) is 0 Å². The Morgan fingerprint density at radius 3 is 2.88 bits per heavy atom. The topological polar surface area (TPSA) is 34.2 Å². The zero-order valence-corrected chi connectivity index (χ0v) is 11.2. The first-order valence-corrected chi connectivity index (χ1v) is 6.38. The van der Waals surface area contributed by atoms with Crippen LogP contribution < -0.4 is 5.32 Å². The van der Waals surface area contributed by atoms with E-state index in [9.17, 15) is 0 Å². The average molecular weight is 236 g/mol. The molecule has 0 aliphatic heterocycles. The molecule has 1 heterocycles. The van der Waals surface area contributed by atoms with E-state index < -0.39 is 0 Å². The van der Waals surface area contributed by atoms with E-state index in [1.54, 1.807) is 0 Å². The molecule has 17 heavy (non-hydrogen) atoms. The number of rotatable bonds is 8. The predicted octanol–water partition coefficient (Wildman–Crippen LogP) is 2.54. The summed E-state index contributed by atoms with van der Waals surface area (Å²) < 4.78 is 5.54. The van der Waals surface area contributed by atoms with E-state index in [1.165, 1.54) is 11.1 Å². The second-order valence-electron chi connectivity index (χ2n) is 4.77. The van der Waals surface area contributed by atoms with E-state index in [1.807, 2.05) is 12.4 Å². The smallest absolute Gasteiger partial charge is 0.0591 e. The van der Waals surface area contributed by atoms with Crippen LogP contribution in [0.5, 0.6) is 0 Å². The molecule has 0 atom stereocenters. The van der Waals surface area contributed by atoms with Crippen LogP contribution in [0.2, 0.25) is 0 Å². The second-order valence-corrected chi connectivity index (χ2v) is 4.77. The van der Waals surface area contributed by atoms with Gasteiger partial charge in [0.2, 0.25) is 0 Å². The van der Waals surface area contributed by atoms with Gasteiger partial charge in [0.1, 0.15) is 0 Å². The van der Waals surface area contributed by atoms with E-state index in [2.05, 4.69) is 37.1 Å². The van der Waals surface area contributed by atoms with Crippen molar-refractivity contribution in [3.8, 4) is 0 Å². The van der Waals surface area contributed by atoms with Crippen molar-refractivity contribution >= 4 is 0 Å². The number of hydrogen-bond acceptors (Lipinski definition) is 3. The van der Waals surface area contributed by atoms with Gasteiger partial charge in [-0.15, -0.1) is 0 Å². The summed E-state index contributed by atoms with van der Waals surface area (Å²) in [4.78, 5) is 4.08. The summed E-state index contributed by atoms with van der Waals surface area (Å²) in [5.41, 5.74) is 2.54. The fourth-order valence-electron chi connectivity index (χ4n) is 1.49. The molecule has 0 saturated heterocycles. The average Bonchev–Trinajstić information content (AvgIpc) is 2.30.